The van der Waals surface area contributed by atoms with Crippen molar-refractivity contribution in [2.75, 3.05) is 0 Å². The Morgan fingerprint density at radius 1 is 1.16 bits per heavy atom. The molecule has 0 bridgehead atoms. The third kappa shape index (κ3) is 5.27. The molecule has 164 valence electrons. The van der Waals surface area contributed by atoms with Gasteiger partial charge in [0.1, 0.15) is 16.9 Å². The average Bonchev–Trinajstić information content (AvgIpc) is 3.38. The number of benzene rings is 1. The van der Waals surface area contributed by atoms with Crippen LogP contribution < -0.4 is 10.6 Å². The molecule has 1 atom stereocenters. The second kappa shape index (κ2) is 9.84. The number of hydrogen-bond acceptors (Lipinski definition) is 4. The standard InChI is InChI=1S/C22H20Cl2N6O2/c23-16-11-18(28-19(16)24)21(32)29-17(8-7-14-5-2-1-3-6-14)20(31)26-12-15-13-30-10-4-9-25-22(30)27-15/h1-6,9-11,13,17,28H,7-8,12H2,(H,26,31)(H,29,32). The average molecular weight is 471 g/mol. The summed E-state index contributed by atoms with van der Waals surface area (Å²) >= 11 is 11.8. The van der Waals surface area contributed by atoms with Gasteiger partial charge in [0.2, 0.25) is 11.7 Å². The fraction of sp³-hybridized carbons (Fsp3) is 0.182. The van der Waals surface area contributed by atoms with Crippen LogP contribution in [-0.2, 0) is 17.8 Å². The van der Waals surface area contributed by atoms with Crippen molar-refractivity contribution in [1.29, 1.82) is 0 Å². The van der Waals surface area contributed by atoms with Gasteiger partial charge in [0.25, 0.3) is 5.91 Å². The van der Waals surface area contributed by atoms with Gasteiger partial charge in [0, 0.05) is 18.6 Å². The second-order valence-corrected chi connectivity index (χ2v) is 7.96. The van der Waals surface area contributed by atoms with Crippen LogP contribution in [0.25, 0.3) is 5.78 Å². The molecular weight excluding hydrogens is 451 g/mol. The number of amides is 2. The second-order valence-electron chi connectivity index (χ2n) is 7.17. The lowest BCUT2D eigenvalue weighted by Gasteiger charge is -2.18. The number of aromatic nitrogens is 4. The van der Waals surface area contributed by atoms with Crippen LogP contribution in [0.2, 0.25) is 10.2 Å². The molecule has 0 aliphatic rings. The van der Waals surface area contributed by atoms with E-state index in [1.165, 1.54) is 6.07 Å². The molecular formula is C22H20Cl2N6O2. The zero-order chi connectivity index (χ0) is 22.5. The Balaban J connectivity index is 1.44. The molecule has 32 heavy (non-hydrogen) atoms. The van der Waals surface area contributed by atoms with Crippen LogP contribution in [0.5, 0.6) is 0 Å². The highest BCUT2D eigenvalue weighted by Gasteiger charge is 2.23. The highest BCUT2D eigenvalue weighted by atomic mass is 35.5. The van der Waals surface area contributed by atoms with Crippen molar-refractivity contribution in [3.05, 3.63) is 88.2 Å². The Morgan fingerprint density at radius 2 is 1.97 bits per heavy atom. The summed E-state index contributed by atoms with van der Waals surface area (Å²) < 4.78 is 1.77. The summed E-state index contributed by atoms with van der Waals surface area (Å²) in [5.41, 5.74) is 1.91. The van der Waals surface area contributed by atoms with Gasteiger partial charge in [-0.3, -0.25) is 14.0 Å². The topological polar surface area (TPSA) is 104 Å². The van der Waals surface area contributed by atoms with Gasteiger partial charge in [-0.1, -0.05) is 53.5 Å². The molecule has 4 rings (SSSR count). The van der Waals surface area contributed by atoms with Crippen molar-refractivity contribution in [2.24, 2.45) is 0 Å². The largest absolute Gasteiger partial charge is 0.349 e. The number of fused-ring (bicyclic) bond motifs is 1. The molecule has 0 fully saturated rings. The first-order valence-electron chi connectivity index (χ1n) is 9.94. The van der Waals surface area contributed by atoms with E-state index in [0.29, 0.717) is 24.3 Å². The number of carbonyl (C=O) groups is 2. The lowest BCUT2D eigenvalue weighted by molar-refractivity contribution is -0.123. The van der Waals surface area contributed by atoms with Crippen LogP contribution in [0.4, 0.5) is 0 Å². The summed E-state index contributed by atoms with van der Waals surface area (Å²) in [6.45, 7) is 0.208. The summed E-state index contributed by atoms with van der Waals surface area (Å²) in [7, 11) is 0. The van der Waals surface area contributed by atoms with Crippen LogP contribution in [-0.4, -0.2) is 37.2 Å². The fourth-order valence-electron chi connectivity index (χ4n) is 3.25. The van der Waals surface area contributed by atoms with Crippen LogP contribution in [0.15, 0.2) is 61.1 Å². The van der Waals surface area contributed by atoms with Crippen LogP contribution in [0.1, 0.15) is 28.2 Å². The Kier molecular flexibility index (Phi) is 6.72. The number of nitrogens with zero attached hydrogens (tertiary/aromatic N) is 3. The maximum atomic E-state index is 13.0. The molecule has 2 amide bonds. The smallest absolute Gasteiger partial charge is 0.268 e. The quantitative estimate of drug-likeness (QED) is 0.366. The van der Waals surface area contributed by atoms with E-state index in [1.807, 2.05) is 36.5 Å². The number of aryl methyl sites for hydroxylation is 1. The van der Waals surface area contributed by atoms with Crippen molar-refractivity contribution in [2.45, 2.75) is 25.4 Å². The molecule has 3 N–H and O–H groups in total. The third-order valence-corrected chi connectivity index (χ3v) is 5.58. The molecule has 0 saturated carbocycles. The molecule has 0 saturated heterocycles. The lowest BCUT2D eigenvalue weighted by Crippen LogP contribution is -2.47. The van der Waals surface area contributed by atoms with E-state index in [9.17, 15) is 9.59 Å². The first kappa shape index (κ1) is 21.9. The molecule has 1 unspecified atom stereocenters. The zero-order valence-electron chi connectivity index (χ0n) is 16.9. The number of aromatic amines is 1. The van der Waals surface area contributed by atoms with Crippen molar-refractivity contribution >= 4 is 40.8 Å². The molecule has 0 spiro atoms. The maximum Gasteiger partial charge on any atom is 0.268 e. The molecule has 8 nitrogen and oxygen atoms in total. The normalized spacial score (nSPS) is 11.9. The maximum absolute atomic E-state index is 13.0. The highest BCUT2D eigenvalue weighted by Crippen LogP contribution is 2.21. The third-order valence-electron chi connectivity index (χ3n) is 4.89. The van der Waals surface area contributed by atoms with Gasteiger partial charge < -0.3 is 15.6 Å². The number of halogens is 2. The predicted molar refractivity (Wildman–Crippen MR) is 122 cm³/mol. The Bertz CT molecular complexity index is 1190. The minimum atomic E-state index is -0.765. The fourth-order valence-corrected chi connectivity index (χ4v) is 3.57. The number of rotatable bonds is 8. The first-order valence-corrected chi connectivity index (χ1v) is 10.7. The molecule has 0 aliphatic heterocycles. The molecule has 4 aromatic rings. The minimum Gasteiger partial charge on any atom is -0.349 e. The van der Waals surface area contributed by atoms with Gasteiger partial charge in [0.15, 0.2) is 0 Å². The van der Waals surface area contributed by atoms with Gasteiger partial charge in [-0.15, -0.1) is 0 Å². The summed E-state index contributed by atoms with van der Waals surface area (Å²) in [5.74, 6) is -0.238. The molecule has 0 radical (unpaired) electrons. The van der Waals surface area contributed by atoms with Crippen LogP contribution in [0.3, 0.4) is 0 Å². The Hall–Kier alpha value is -3.36. The first-order chi connectivity index (χ1) is 15.5. The van der Waals surface area contributed by atoms with Crippen molar-refractivity contribution in [1.82, 2.24) is 30.0 Å². The van der Waals surface area contributed by atoms with E-state index in [1.54, 1.807) is 22.9 Å². The Morgan fingerprint density at radius 3 is 2.69 bits per heavy atom. The number of imidazole rings is 1. The zero-order valence-corrected chi connectivity index (χ0v) is 18.4. The number of H-pyrrole nitrogens is 1. The SMILES string of the molecule is O=C(NC(CCc1ccccc1)C(=O)NCc1cn2cccnc2n1)c1cc(Cl)c(Cl)[nH]1. The Labute approximate surface area is 194 Å². The lowest BCUT2D eigenvalue weighted by atomic mass is 10.0. The molecule has 1 aromatic carbocycles. The van der Waals surface area contributed by atoms with Crippen LogP contribution >= 0.6 is 23.2 Å². The van der Waals surface area contributed by atoms with Crippen molar-refractivity contribution in [3.63, 3.8) is 0 Å². The van der Waals surface area contributed by atoms with Gasteiger partial charge in [0.05, 0.1) is 17.3 Å². The van der Waals surface area contributed by atoms with Gasteiger partial charge >= 0.3 is 0 Å². The number of carbonyl (C=O) groups excluding carboxylic acids is 2. The van der Waals surface area contributed by atoms with Crippen LogP contribution in [0, 0.1) is 0 Å². The van der Waals surface area contributed by atoms with Crippen molar-refractivity contribution < 1.29 is 9.59 Å². The van der Waals surface area contributed by atoms with E-state index in [0.717, 1.165) is 5.56 Å². The van der Waals surface area contributed by atoms with E-state index < -0.39 is 11.9 Å². The van der Waals surface area contributed by atoms with E-state index in [4.69, 9.17) is 23.2 Å². The van der Waals surface area contributed by atoms with E-state index in [2.05, 4.69) is 25.6 Å². The van der Waals surface area contributed by atoms with E-state index in [-0.39, 0.29) is 28.3 Å². The van der Waals surface area contributed by atoms with Gasteiger partial charge in [-0.05, 0) is 30.5 Å². The summed E-state index contributed by atoms with van der Waals surface area (Å²) in [6, 6.07) is 12.2. The minimum absolute atomic E-state index is 0.169. The van der Waals surface area contributed by atoms with E-state index >= 15 is 0 Å². The van der Waals surface area contributed by atoms with Gasteiger partial charge in [-0.2, -0.15) is 0 Å². The summed E-state index contributed by atoms with van der Waals surface area (Å²) in [6.07, 6.45) is 6.30. The molecule has 10 heteroatoms. The summed E-state index contributed by atoms with van der Waals surface area (Å²) in [4.78, 5) is 36.9. The van der Waals surface area contributed by atoms with Gasteiger partial charge in [-0.25, -0.2) is 9.97 Å². The molecule has 3 heterocycles. The predicted octanol–water partition coefficient (Wildman–Crippen LogP) is 3.41. The number of hydrogen-bond donors (Lipinski definition) is 3. The van der Waals surface area contributed by atoms with Crippen molar-refractivity contribution in [3.8, 4) is 0 Å². The molecule has 0 aliphatic carbocycles. The molecule has 3 aromatic heterocycles. The highest BCUT2D eigenvalue weighted by molar-refractivity contribution is 6.41. The summed E-state index contributed by atoms with van der Waals surface area (Å²) in [5, 5.41) is 6.03. The monoisotopic (exact) mass is 470 g/mol. The number of nitrogens with one attached hydrogen (secondary N) is 3.